The number of fused-ring (bicyclic) bond motifs is 1. The summed E-state index contributed by atoms with van der Waals surface area (Å²) in [4.78, 5) is 32.3. The highest BCUT2D eigenvalue weighted by Gasteiger charge is 2.36. The number of nitrogen functional groups attached to an aromatic ring is 1. The number of aromatic nitrogens is 2. The maximum Gasteiger partial charge on any atom is 0.322 e. The van der Waals surface area contributed by atoms with E-state index in [1.54, 1.807) is 56.4 Å². The average Bonchev–Trinajstić information content (AvgIpc) is 2.99. The number of hydrogen-bond donors (Lipinski definition) is 3. The summed E-state index contributed by atoms with van der Waals surface area (Å²) in [6.07, 6.45) is 3.55. The summed E-state index contributed by atoms with van der Waals surface area (Å²) in [6, 6.07) is 12.2. The van der Waals surface area contributed by atoms with Gasteiger partial charge in [-0.05, 0) is 48.4 Å². The van der Waals surface area contributed by atoms with Gasteiger partial charge < -0.3 is 5.11 Å². The first-order chi connectivity index (χ1) is 20.0. The van der Waals surface area contributed by atoms with E-state index in [2.05, 4.69) is 27.2 Å². The number of benzene rings is 2. The fourth-order valence-corrected chi connectivity index (χ4v) is 5.82. The van der Waals surface area contributed by atoms with E-state index in [-0.39, 0.29) is 10.5 Å². The molecule has 0 radical (unpaired) electrons. The van der Waals surface area contributed by atoms with Crippen LogP contribution in [0, 0.1) is 23.6 Å². The van der Waals surface area contributed by atoms with Crippen molar-refractivity contribution in [1.29, 1.82) is 0 Å². The lowest BCUT2D eigenvalue weighted by Crippen LogP contribution is -2.46. The normalized spacial score (nSPS) is 12.8. The molecule has 2 aromatic carbocycles. The molecule has 0 saturated heterocycles. The van der Waals surface area contributed by atoms with E-state index in [4.69, 9.17) is 5.84 Å². The molecule has 4 rings (SSSR count). The molecule has 2 unspecified atom stereocenters. The molecule has 1 amide bonds. The monoisotopic (exact) mass is 589 g/mol. The van der Waals surface area contributed by atoms with Gasteiger partial charge in [-0.1, -0.05) is 44.2 Å². The molecule has 0 spiro atoms. The molecule has 2 aromatic heterocycles. The van der Waals surface area contributed by atoms with Gasteiger partial charge in [-0.25, -0.2) is 23.6 Å². The van der Waals surface area contributed by atoms with Gasteiger partial charge in [-0.2, -0.15) is 4.31 Å². The van der Waals surface area contributed by atoms with E-state index in [1.165, 1.54) is 25.4 Å². The van der Waals surface area contributed by atoms with Crippen molar-refractivity contribution >= 4 is 32.8 Å². The standard InChI is InChI=1S/C30H28FN5O5S/c1-4-18(2)28(30(38)39)36(3)42(40,41)22-12-11-20(25(31)15-22)8-5-19-6-9-21(10-7-19)27-16-23(29(37)35-32)24-17-33-14-13-26(24)34-27/h6-7,9-18,28H,4,32H2,1-3H3,(H,35,37)(H,38,39). The lowest BCUT2D eigenvalue weighted by atomic mass is 10.00. The number of likely N-dealkylation sites (N-methyl/N-ethyl adjacent to an activating group) is 1. The Labute approximate surface area is 242 Å². The Bertz CT molecular complexity index is 1830. The van der Waals surface area contributed by atoms with Crippen LogP contribution in [0.4, 0.5) is 4.39 Å². The maximum absolute atomic E-state index is 14.9. The van der Waals surface area contributed by atoms with Gasteiger partial charge in [0.15, 0.2) is 0 Å². The van der Waals surface area contributed by atoms with Crippen LogP contribution in [0.25, 0.3) is 22.2 Å². The Hall–Kier alpha value is -4.70. The number of hydrazine groups is 1. The number of aliphatic carboxylic acids is 1. The first kappa shape index (κ1) is 30.3. The molecular weight excluding hydrogens is 561 g/mol. The highest BCUT2D eigenvalue weighted by atomic mass is 32.2. The fraction of sp³-hybridized carbons (Fsp3) is 0.200. The van der Waals surface area contributed by atoms with E-state index in [0.717, 1.165) is 10.4 Å². The average molecular weight is 590 g/mol. The first-order valence-corrected chi connectivity index (χ1v) is 14.3. The highest BCUT2D eigenvalue weighted by Crippen LogP contribution is 2.26. The summed E-state index contributed by atoms with van der Waals surface area (Å²) in [5.41, 5.74) is 4.77. The van der Waals surface area contributed by atoms with Gasteiger partial charge in [-0.3, -0.25) is 20.0 Å². The van der Waals surface area contributed by atoms with E-state index in [1.807, 2.05) is 0 Å². The van der Waals surface area contributed by atoms with Crippen LogP contribution >= 0.6 is 0 Å². The summed E-state index contributed by atoms with van der Waals surface area (Å²) >= 11 is 0. The fourth-order valence-electron chi connectivity index (χ4n) is 4.40. The molecular formula is C30H28FN5O5S. The van der Waals surface area contributed by atoms with Crippen LogP contribution in [0.15, 0.2) is 71.9 Å². The van der Waals surface area contributed by atoms with Crippen LogP contribution in [-0.2, 0) is 14.8 Å². The summed E-state index contributed by atoms with van der Waals surface area (Å²) in [7, 11) is -3.10. The number of nitrogens with two attached hydrogens (primary N) is 1. The minimum absolute atomic E-state index is 0.0281. The topological polar surface area (TPSA) is 156 Å². The third kappa shape index (κ3) is 6.13. The molecule has 4 aromatic rings. The van der Waals surface area contributed by atoms with Crippen molar-refractivity contribution in [2.75, 3.05) is 7.05 Å². The smallest absolute Gasteiger partial charge is 0.322 e. The van der Waals surface area contributed by atoms with Crippen molar-refractivity contribution in [3.63, 3.8) is 0 Å². The number of carboxylic acid groups (broad SMARTS) is 1. The Morgan fingerprint density at radius 3 is 2.45 bits per heavy atom. The number of rotatable bonds is 8. The lowest BCUT2D eigenvalue weighted by Gasteiger charge is -2.28. The molecule has 0 aliphatic rings. The van der Waals surface area contributed by atoms with Crippen molar-refractivity contribution < 1.29 is 27.5 Å². The van der Waals surface area contributed by atoms with Crippen molar-refractivity contribution in [2.45, 2.75) is 31.2 Å². The number of sulfonamides is 1. The number of nitrogens with zero attached hydrogens (tertiary/aromatic N) is 3. The quantitative estimate of drug-likeness (QED) is 0.122. The van der Waals surface area contributed by atoms with Gasteiger partial charge in [-0.15, -0.1) is 0 Å². The van der Waals surface area contributed by atoms with Crippen LogP contribution in [0.1, 0.15) is 41.8 Å². The Morgan fingerprint density at radius 1 is 1.12 bits per heavy atom. The van der Waals surface area contributed by atoms with E-state index in [9.17, 15) is 27.5 Å². The van der Waals surface area contributed by atoms with Crippen LogP contribution in [0.3, 0.4) is 0 Å². The van der Waals surface area contributed by atoms with E-state index >= 15 is 0 Å². The molecule has 4 N–H and O–H groups in total. The predicted octanol–water partition coefficient (Wildman–Crippen LogP) is 3.56. The second-order valence-electron chi connectivity index (χ2n) is 9.58. The number of pyridine rings is 2. The Balaban J connectivity index is 1.59. The Kier molecular flexibility index (Phi) is 8.96. The number of carboxylic acids is 1. The SMILES string of the molecule is CCC(C)C(C(=O)O)N(C)S(=O)(=O)c1ccc(C#Cc2ccc(-c3cc(C(=O)NN)c4cnccc4n3)cc2)c(F)c1. The molecule has 2 heterocycles. The van der Waals surface area contributed by atoms with Crippen LogP contribution in [-0.4, -0.2) is 52.8 Å². The zero-order chi connectivity index (χ0) is 30.6. The van der Waals surface area contributed by atoms with Gasteiger partial charge in [0.1, 0.15) is 11.9 Å². The number of nitrogens with one attached hydrogen (secondary N) is 1. The first-order valence-electron chi connectivity index (χ1n) is 12.9. The van der Waals surface area contributed by atoms with Crippen molar-refractivity contribution in [3.05, 3.63) is 89.5 Å². The molecule has 0 aliphatic heterocycles. The largest absolute Gasteiger partial charge is 0.480 e. The molecule has 10 nitrogen and oxygen atoms in total. The van der Waals surface area contributed by atoms with Gasteiger partial charge in [0, 0.05) is 36.0 Å². The zero-order valence-electron chi connectivity index (χ0n) is 23.0. The Morgan fingerprint density at radius 2 is 1.83 bits per heavy atom. The van der Waals surface area contributed by atoms with Crippen LogP contribution in [0.5, 0.6) is 0 Å². The van der Waals surface area contributed by atoms with Gasteiger partial charge >= 0.3 is 5.97 Å². The lowest BCUT2D eigenvalue weighted by molar-refractivity contribution is -0.142. The van der Waals surface area contributed by atoms with Crippen molar-refractivity contribution in [2.24, 2.45) is 11.8 Å². The minimum atomic E-state index is -4.28. The second kappa shape index (κ2) is 12.4. The summed E-state index contributed by atoms with van der Waals surface area (Å²) in [5, 5.41) is 10.1. The third-order valence-corrected chi connectivity index (χ3v) is 8.79. The van der Waals surface area contributed by atoms with Gasteiger partial charge in [0.05, 0.1) is 27.2 Å². The zero-order valence-corrected chi connectivity index (χ0v) is 23.8. The van der Waals surface area contributed by atoms with Crippen LogP contribution in [0.2, 0.25) is 0 Å². The summed E-state index contributed by atoms with van der Waals surface area (Å²) in [6.45, 7) is 3.41. The molecule has 0 saturated carbocycles. The molecule has 0 aliphatic carbocycles. The molecule has 216 valence electrons. The molecule has 0 bridgehead atoms. The molecule has 42 heavy (non-hydrogen) atoms. The highest BCUT2D eigenvalue weighted by molar-refractivity contribution is 7.89. The third-order valence-electron chi connectivity index (χ3n) is 6.95. The summed E-state index contributed by atoms with van der Waals surface area (Å²) < 4.78 is 41.8. The number of carbonyl (C=O) groups is 2. The summed E-state index contributed by atoms with van der Waals surface area (Å²) in [5.74, 6) is 7.82. The number of halogens is 1. The van der Waals surface area contributed by atoms with Gasteiger partial charge in [0.25, 0.3) is 5.91 Å². The van der Waals surface area contributed by atoms with E-state index in [0.29, 0.717) is 39.7 Å². The molecule has 2 atom stereocenters. The second-order valence-corrected chi connectivity index (χ2v) is 11.6. The van der Waals surface area contributed by atoms with Crippen LogP contribution < -0.4 is 11.3 Å². The molecule has 12 heteroatoms. The minimum Gasteiger partial charge on any atom is -0.480 e. The van der Waals surface area contributed by atoms with Gasteiger partial charge in [0.2, 0.25) is 10.0 Å². The number of hydrogen-bond acceptors (Lipinski definition) is 7. The van der Waals surface area contributed by atoms with Crippen molar-refractivity contribution in [3.8, 4) is 23.1 Å². The van der Waals surface area contributed by atoms with Crippen molar-refractivity contribution in [1.82, 2.24) is 19.7 Å². The number of carbonyl (C=O) groups excluding carboxylic acids is 1. The molecule has 0 fully saturated rings. The number of amides is 1. The predicted molar refractivity (Wildman–Crippen MR) is 155 cm³/mol. The van der Waals surface area contributed by atoms with E-state index < -0.39 is 39.7 Å². The maximum atomic E-state index is 14.9.